The Bertz CT molecular complexity index is 569. The van der Waals surface area contributed by atoms with Gasteiger partial charge in [-0.25, -0.2) is 4.79 Å². The predicted octanol–water partition coefficient (Wildman–Crippen LogP) is 2.69. The molecule has 1 aliphatic rings. The topological polar surface area (TPSA) is 66.0 Å². The van der Waals surface area contributed by atoms with Crippen LogP contribution in [0.1, 0.15) is 25.3 Å². The Morgan fingerprint density at radius 3 is 2.56 bits per heavy atom. The van der Waals surface area contributed by atoms with Crippen molar-refractivity contribution >= 4 is 23.8 Å². The molecule has 138 valence electrons. The minimum absolute atomic E-state index is 0.211. The van der Waals surface area contributed by atoms with Crippen LogP contribution in [0, 0.1) is 0 Å². The van der Waals surface area contributed by atoms with Crippen molar-refractivity contribution in [2.75, 3.05) is 33.0 Å². The first-order chi connectivity index (χ1) is 12.2. The van der Waals surface area contributed by atoms with E-state index in [0.717, 1.165) is 25.3 Å². The first kappa shape index (κ1) is 19.4. The summed E-state index contributed by atoms with van der Waals surface area (Å²) in [7, 11) is 1.78. The SMILES string of the molecule is CCOC(=O)N1CCC(NC(=NC)NCc2ccc(SC)cc2)CC1. The monoisotopic (exact) mass is 364 g/mol. The summed E-state index contributed by atoms with van der Waals surface area (Å²) in [6.07, 6.45) is 3.65. The third-order valence-electron chi connectivity index (χ3n) is 4.20. The number of carbonyl (C=O) groups is 1. The van der Waals surface area contributed by atoms with Gasteiger partial charge in [-0.15, -0.1) is 11.8 Å². The van der Waals surface area contributed by atoms with E-state index in [-0.39, 0.29) is 6.09 Å². The molecule has 2 N–H and O–H groups in total. The average molecular weight is 365 g/mol. The number of thioether (sulfide) groups is 1. The van der Waals surface area contributed by atoms with Gasteiger partial charge in [-0.05, 0) is 43.7 Å². The minimum Gasteiger partial charge on any atom is -0.450 e. The van der Waals surface area contributed by atoms with Crippen LogP contribution in [-0.4, -0.2) is 56.0 Å². The van der Waals surface area contributed by atoms with Crippen molar-refractivity contribution < 1.29 is 9.53 Å². The van der Waals surface area contributed by atoms with Crippen molar-refractivity contribution in [2.24, 2.45) is 4.99 Å². The molecule has 25 heavy (non-hydrogen) atoms. The molecule has 1 heterocycles. The zero-order valence-electron chi connectivity index (χ0n) is 15.2. The minimum atomic E-state index is -0.211. The molecule has 0 radical (unpaired) electrons. The summed E-state index contributed by atoms with van der Waals surface area (Å²) in [6, 6.07) is 8.83. The van der Waals surface area contributed by atoms with Gasteiger partial charge in [-0.1, -0.05) is 12.1 Å². The highest BCUT2D eigenvalue weighted by molar-refractivity contribution is 7.98. The van der Waals surface area contributed by atoms with E-state index in [2.05, 4.69) is 46.1 Å². The van der Waals surface area contributed by atoms with Gasteiger partial charge < -0.3 is 20.3 Å². The zero-order chi connectivity index (χ0) is 18.1. The third kappa shape index (κ3) is 6.16. The maximum atomic E-state index is 11.7. The number of ether oxygens (including phenoxy) is 1. The number of carbonyl (C=O) groups excluding carboxylic acids is 1. The van der Waals surface area contributed by atoms with Crippen molar-refractivity contribution in [1.29, 1.82) is 0 Å². The number of nitrogens with zero attached hydrogens (tertiary/aromatic N) is 2. The van der Waals surface area contributed by atoms with Crippen LogP contribution in [-0.2, 0) is 11.3 Å². The fraction of sp³-hybridized carbons (Fsp3) is 0.556. The molecule has 1 amide bonds. The number of aliphatic imine (C=N–C) groups is 1. The van der Waals surface area contributed by atoms with E-state index in [0.29, 0.717) is 25.7 Å². The van der Waals surface area contributed by atoms with Gasteiger partial charge in [0.05, 0.1) is 6.61 Å². The largest absolute Gasteiger partial charge is 0.450 e. The summed E-state index contributed by atoms with van der Waals surface area (Å²) in [4.78, 5) is 19.1. The lowest BCUT2D eigenvalue weighted by Crippen LogP contribution is -2.49. The second-order valence-electron chi connectivity index (χ2n) is 5.88. The summed E-state index contributed by atoms with van der Waals surface area (Å²) in [5.74, 6) is 0.795. The predicted molar refractivity (Wildman–Crippen MR) is 103 cm³/mol. The summed E-state index contributed by atoms with van der Waals surface area (Å²) >= 11 is 1.74. The van der Waals surface area contributed by atoms with Crippen molar-refractivity contribution in [3.05, 3.63) is 29.8 Å². The lowest BCUT2D eigenvalue weighted by Gasteiger charge is -2.32. The molecule has 2 rings (SSSR count). The van der Waals surface area contributed by atoms with E-state index in [9.17, 15) is 4.79 Å². The van der Waals surface area contributed by atoms with Crippen molar-refractivity contribution in [1.82, 2.24) is 15.5 Å². The second kappa shape index (κ2) is 10.2. The summed E-state index contributed by atoms with van der Waals surface area (Å²) in [5, 5.41) is 6.80. The number of hydrogen-bond donors (Lipinski definition) is 2. The second-order valence-corrected chi connectivity index (χ2v) is 6.76. The van der Waals surface area contributed by atoms with Gasteiger partial charge in [0, 0.05) is 37.6 Å². The number of hydrogen-bond acceptors (Lipinski definition) is 4. The number of piperidine rings is 1. The Hall–Kier alpha value is -1.89. The van der Waals surface area contributed by atoms with E-state index in [1.807, 2.05) is 6.92 Å². The molecule has 1 aromatic rings. The smallest absolute Gasteiger partial charge is 0.409 e. The fourth-order valence-corrected chi connectivity index (χ4v) is 3.15. The maximum absolute atomic E-state index is 11.7. The Morgan fingerprint density at radius 2 is 2.00 bits per heavy atom. The first-order valence-electron chi connectivity index (χ1n) is 8.68. The van der Waals surface area contributed by atoms with Crippen LogP contribution in [0.5, 0.6) is 0 Å². The van der Waals surface area contributed by atoms with Gasteiger partial charge in [-0.2, -0.15) is 0 Å². The highest BCUT2D eigenvalue weighted by atomic mass is 32.2. The van der Waals surface area contributed by atoms with Gasteiger partial charge in [0.25, 0.3) is 0 Å². The number of amides is 1. The quantitative estimate of drug-likeness (QED) is 0.478. The zero-order valence-corrected chi connectivity index (χ0v) is 16.1. The van der Waals surface area contributed by atoms with Crippen molar-refractivity contribution in [3.63, 3.8) is 0 Å². The number of nitrogens with one attached hydrogen (secondary N) is 2. The Kier molecular flexibility index (Phi) is 7.91. The normalized spacial score (nSPS) is 15.8. The molecule has 1 aromatic carbocycles. The van der Waals surface area contributed by atoms with Gasteiger partial charge in [0.15, 0.2) is 5.96 Å². The molecule has 0 unspecified atom stereocenters. The van der Waals surface area contributed by atoms with E-state index >= 15 is 0 Å². The molecule has 0 bridgehead atoms. The summed E-state index contributed by atoms with van der Waals surface area (Å²) in [6.45, 7) is 4.41. The molecule has 0 aromatic heterocycles. The fourth-order valence-electron chi connectivity index (χ4n) is 2.74. The number of rotatable bonds is 5. The maximum Gasteiger partial charge on any atom is 0.409 e. The molecule has 1 saturated heterocycles. The third-order valence-corrected chi connectivity index (χ3v) is 4.95. The number of likely N-dealkylation sites (tertiary alicyclic amines) is 1. The Labute approximate surface area is 154 Å². The van der Waals surface area contributed by atoms with E-state index in [1.165, 1.54) is 10.5 Å². The molecule has 7 heteroatoms. The molecule has 1 aliphatic heterocycles. The van der Waals surface area contributed by atoms with E-state index < -0.39 is 0 Å². The van der Waals surface area contributed by atoms with Crippen LogP contribution in [0.2, 0.25) is 0 Å². The Balaban J connectivity index is 1.76. The molecule has 6 nitrogen and oxygen atoms in total. The van der Waals surface area contributed by atoms with E-state index in [1.54, 1.807) is 23.7 Å². The van der Waals surface area contributed by atoms with Crippen LogP contribution in [0.3, 0.4) is 0 Å². The number of guanidine groups is 1. The highest BCUT2D eigenvalue weighted by Crippen LogP contribution is 2.15. The van der Waals surface area contributed by atoms with Gasteiger partial charge in [0.2, 0.25) is 0 Å². The van der Waals surface area contributed by atoms with E-state index in [4.69, 9.17) is 4.74 Å². The van der Waals surface area contributed by atoms with Crippen LogP contribution >= 0.6 is 11.8 Å². The van der Waals surface area contributed by atoms with Gasteiger partial charge in [0.1, 0.15) is 0 Å². The molecule has 0 atom stereocenters. The average Bonchev–Trinajstić information content (AvgIpc) is 2.66. The highest BCUT2D eigenvalue weighted by Gasteiger charge is 2.23. The summed E-state index contributed by atoms with van der Waals surface area (Å²) in [5.41, 5.74) is 1.22. The van der Waals surface area contributed by atoms with Crippen molar-refractivity contribution in [3.8, 4) is 0 Å². The Morgan fingerprint density at radius 1 is 1.32 bits per heavy atom. The van der Waals surface area contributed by atoms with Gasteiger partial charge in [-0.3, -0.25) is 4.99 Å². The van der Waals surface area contributed by atoms with Crippen molar-refractivity contribution in [2.45, 2.75) is 37.2 Å². The first-order valence-corrected chi connectivity index (χ1v) is 9.90. The lowest BCUT2D eigenvalue weighted by molar-refractivity contribution is 0.0963. The molecular formula is C18H28N4O2S. The molecular weight excluding hydrogens is 336 g/mol. The van der Waals surface area contributed by atoms with Crippen LogP contribution in [0.25, 0.3) is 0 Å². The van der Waals surface area contributed by atoms with Gasteiger partial charge >= 0.3 is 6.09 Å². The van der Waals surface area contributed by atoms with Crippen LogP contribution < -0.4 is 10.6 Å². The van der Waals surface area contributed by atoms with Crippen LogP contribution in [0.4, 0.5) is 4.79 Å². The standard InChI is InChI=1S/C18H28N4O2S/c1-4-24-18(23)22-11-9-15(10-12-22)21-17(19-2)20-13-14-5-7-16(25-3)8-6-14/h5-8,15H,4,9-13H2,1-3H3,(H2,19,20,21). The molecule has 0 spiro atoms. The summed E-state index contributed by atoms with van der Waals surface area (Å²) < 4.78 is 5.05. The van der Waals surface area contributed by atoms with Crippen LogP contribution in [0.15, 0.2) is 34.2 Å². The number of benzene rings is 1. The molecule has 1 fully saturated rings. The lowest BCUT2D eigenvalue weighted by atomic mass is 10.1. The molecule has 0 aliphatic carbocycles. The molecule has 0 saturated carbocycles.